The molecule has 0 unspecified atom stereocenters. The van der Waals surface area contributed by atoms with Gasteiger partial charge in [-0.05, 0) is 46.0 Å². The highest BCUT2D eigenvalue weighted by Gasteiger charge is 2.35. The lowest BCUT2D eigenvalue weighted by molar-refractivity contribution is -0.130. The third kappa shape index (κ3) is 7.23. The van der Waals surface area contributed by atoms with Crippen LogP contribution in [0.4, 0.5) is 15.3 Å². The summed E-state index contributed by atoms with van der Waals surface area (Å²) in [4.78, 5) is 66.3. The van der Waals surface area contributed by atoms with E-state index in [-0.39, 0.29) is 43.3 Å². The van der Waals surface area contributed by atoms with Crippen molar-refractivity contribution in [3.05, 3.63) is 119 Å². The predicted molar refractivity (Wildman–Crippen MR) is 179 cm³/mol. The van der Waals surface area contributed by atoms with Crippen LogP contribution in [-0.2, 0) is 25.7 Å². The van der Waals surface area contributed by atoms with E-state index < -0.39 is 43.1 Å². The number of alkyl carbamates (subject to hydrolysis) is 1. The minimum atomic E-state index is -0.775. The van der Waals surface area contributed by atoms with Crippen LogP contribution in [0.25, 0.3) is 11.1 Å². The van der Waals surface area contributed by atoms with Gasteiger partial charge in [0.2, 0.25) is 11.8 Å². The van der Waals surface area contributed by atoms with Crippen LogP contribution in [-0.4, -0.2) is 68.3 Å². The van der Waals surface area contributed by atoms with Gasteiger partial charge in [-0.3, -0.25) is 14.5 Å². The molecule has 4 aromatic rings. The van der Waals surface area contributed by atoms with Gasteiger partial charge >= 0.3 is 18.1 Å². The number of hydrogen-bond acceptors (Lipinski definition) is 8. The second-order valence-corrected chi connectivity index (χ2v) is 11.4. The molecular formula is C37H34N4O8. The fourth-order valence-corrected chi connectivity index (χ4v) is 5.94. The number of fused-ring (bicyclic) bond motifs is 3. The van der Waals surface area contributed by atoms with Crippen molar-refractivity contribution in [2.24, 2.45) is 0 Å². The van der Waals surface area contributed by atoms with Gasteiger partial charge in [0.1, 0.15) is 32.2 Å². The van der Waals surface area contributed by atoms with Gasteiger partial charge in [0, 0.05) is 18.9 Å². The first kappa shape index (κ1) is 32.8. The monoisotopic (exact) mass is 662 g/mol. The Labute approximate surface area is 282 Å². The summed E-state index contributed by atoms with van der Waals surface area (Å²) in [5.41, 5.74) is 5.59. The van der Waals surface area contributed by atoms with E-state index >= 15 is 0 Å². The van der Waals surface area contributed by atoms with Crippen molar-refractivity contribution in [1.29, 1.82) is 0 Å². The number of imide groups is 1. The smallest absolute Gasteiger partial charge is 0.407 e. The van der Waals surface area contributed by atoms with Gasteiger partial charge < -0.3 is 24.8 Å². The standard InChI is InChI=1S/C37H34N4O8/c1-47-32-16-15-25(35(44)48-21-24-9-3-2-4-10-24)19-31(32)40-18-17-34(43)41(37(40)46)23-39-33(42)20-38-36(45)49-22-30-28-13-7-5-11-26(28)27-12-6-8-14-29(27)30/h2-16,19,30H,17-18,20-23H2,1H3,(H,38,45)(H,39,42). The molecule has 1 saturated heterocycles. The normalized spacial score (nSPS) is 13.7. The zero-order valence-electron chi connectivity index (χ0n) is 26.7. The first-order chi connectivity index (χ1) is 23.8. The molecule has 0 saturated carbocycles. The number of rotatable bonds is 11. The number of amides is 5. The Morgan fingerprint density at radius 1 is 0.816 bits per heavy atom. The van der Waals surface area contributed by atoms with Gasteiger partial charge in [0.15, 0.2) is 0 Å². The molecule has 0 bridgehead atoms. The highest BCUT2D eigenvalue weighted by Crippen LogP contribution is 2.44. The molecule has 2 aliphatic rings. The molecule has 1 heterocycles. The van der Waals surface area contributed by atoms with Gasteiger partial charge in [-0.15, -0.1) is 0 Å². The Morgan fingerprint density at radius 2 is 1.49 bits per heavy atom. The minimum absolute atomic E-state index is 0.0321. The quantitative estimate of drug-likeness (QED) is 0.218. The average molecular weight is 663 g/mol. The lowest BCUT2D eigenvalue weighted by Gasteiger charge is -2.34. The minimum Gasteiger partial charge on any atom is -0.495 e. The maximum absolute atomic E-state index is 13.5. The number of esters is 1. The molecule has 4 aromatic carbocycles. The van der Waals surface area contributed by atoms with Crippen LogP contribution in [0, 0.1) is 0 Å². The number of benzene rings is 4. The Morgan fingerprint density at radius 3 is 2.18 bits per heavy atom. The Bertz CT molecular complexity index is 1850. The van der Waals surface area contributed by atoms with Crippen LogP contribution in [0.2, 0.25) is 0 Å². The highest BCUT2D eigenvalue weighted by atomic mass is 16.5. The van der Waals surface area contributed by atoms with Crippen molar-refractivity contribution in [3.63, 3.8) is 0 Å². The summed E-state index contributed by atoms with van der Waals surface area (Å²) in [5, 5.41) is 4.92. The average Bonchev–Trinajstić information content (AvgIpc) is 3.45. The summed E-state index contributed by atoms with van der Waals surface area (Å²) < 4.78 is 16.3. The molecule has 5 amide bonds. The molecule has 1 fully saturated rings. The molecule has 250 valence electrons. The lowest BCUT2D eigenvalue weighted by Crippen LogP contribution is -2.56. The van der Waals surface area contributed by atoms with Gasteiger partial charge in [-0.1, -0.05) is 78.9 Å². The van der Waals surface area contributed by atoms with E-state index in [4.69, 9.17) is 14.2 Å². The maximum Gasteiger partial charge on any atom is 0.407 e. The molecule has 2 N–H and O–H groups in total. The molecule has 1 aliphatic heterocycles. The maximum atomic E-state index is 13.5. The number of nitrogens with one attached hydrogen (secondary N) is 2. The summed E-state index contributed by atoms with van der Waals surface area (Å²) in [6.07, 6.45) is -0.812. The predicted octanol–water partition coefficient (Wildman–Crippen LogP) is 4.82. The summed E-state index contributed by atoms with van der Waals surface area (Å²) in [7, 11) is 1.42. The molecule has 49 heavy (non-hydrogen) atoms. The summed E-state index contributed by atoms with van der Waals surface area (Å²) >= 11 is 0. The van der Waals surface area contributed by atoms with Gasteiger partial charge in [0.05, 0.1) is 18.4 Å². The Kier molecular flexibility index (Phi) is 9.84. The molecule has 0 spiro atoms. The van der Waals surface area contributed by atoms with Crippen molar-refractivity contribution in [1.82, 2.24) is 15.5 Å². The molecule has 12 nitrogen and oxygen atoms in total. The largest absolute Gasteiger partial charge is 0.495 e. The first-order valence-electron chi connectivity index (χ1n) is 15.7. The van der Waals surface area contributed by atoms with Crippen molar-refractivity contribution in [2.75, 3.05) is 38.4 Å². The van der Waals surface area contributed by atoms with Crippen molar-refractivity contribution < 1.29 is 38.2 Å². The molecule has 12 heteroatoms. The van der Waals surface area contributed by atoms with Crippen LogP contribution in [0.5, 0.6) is 5.75 Å². The number of ether oxygens (including phenoxy) is 3. The summed E-state index contributed by atoms with van der Waals surface area (Å²) in [6.45, 7) is -0.673. The van der Waals surface area contributed by atoms with Crippen molar-refractivity contribution >= 4 is 35.6 Å². The van der Waals surface area contributed by atoms with E-state index in [0.717, 1.165) is 32.7 Å². The fourth-order valence-electron chi connectivity index (χ4n) is 5.94. The van der Waals surface area contributed by atoms with Gasteiger partial charge in [-0.25, -0.2) is 19.3 Å². The number of carbonyl (C=O) groups is 5. The summed E-state index contributed by atoms with van der Waals surface area (Å²) in [6, 6.07) is 28.9. The van der Waals surface area contributed by atoms with Crippen molar-refractivity contribution in [2.45, 2.75) is 18.9 Å². The molecule has 0 radical (unpaired) electrons. The highest BCUT2D eigenvalue weighted by molar-refractivity contribution is 6.07. The molecule has 0 atom stereocenters. The SMILES string of the molecule is COc1ccc(C(=O)OCc2ccccc2)cc1N1CCC(=O)N(CNC(=O)CNC(=O)OCC2c3ccccc3-c3ccccc32)C1=O. The number of urea groups is 1. The first-order valence-corrected chi connectivity index (χ1v) is 15.7. The fraction of sp³-hybridized carbons (Fsp3) is 0.216. The third-order valence-corrected chi connectivity index (χ3v) is 8.40. The van der Waals surface area contributed by atoms with E-state index in [2.05, 4.69) is 10.6 Å². The number of methoxy groups -OCH3 is 1. The second kappa shape index (κ2) is 14.7. The van der Waals surface area contributed by atoms with Crippen LogP contribution in [0.15, 0.2) is 97.1 Å². The third-order valence-electron chi connectivity index (χ3n) is 8.40. The zero-order valence-corrected chi connectivity index (χ0v) is 26.7. The van der Waals surface area contributed by atoms with E-state index in [1.54, 1.807) is 6.07 Å². The molecule has 6 rings (SSSR count). The second-order valence-electron chi connectivity index (χ2n) is 11.4. The lowest BCUT2D eigenvalue weighted by atomic mass is 9.98. The molecule has 0 aromatic heterocycles. The Hall–Kier alpha value is -6.17. The molecule has 1 aliphatic carbocycles. The van der Waals surface area contributed by atoms with E-state index in [1.807, 2.05) is 78.9 Å². The van der Waals surface area contributed by atoms with Gasteiger partial charge in [0.25, 0.3) is 0 Å². The van der Waals surface area contributed by atoms with Crippen LogP contribution >= 0.6 is 0 Å². The number of anilines is 1. The van der Waals surface area contributed by atoms with Crippen LogP contribution in [0.1, 0.15) is 39.4 Å². The van der Waals surface area contributed by atoms with Crippen molar-refractivity contribution in [3.8, 4) is 16.9 Å². The van der Waals surface area contributed by atoms with E-state index in [9.17, 15) is 24.0 Å². The molecular weight excluding hydrogens is 628 g/mol. The van der Waals surface area contributed by atoms with E-state index in [0.29, 0.717) is 5.75 Å². The zero-order chi connectivity index (χ0) is 34.3. The Balaban J connectivity index is 1.02. The van der Waals surface area contributed by atoms with Gasteiger partial charge in [-0.2, -0.15) is 0 Å². The number of hydrogen-bond donors (Lipinski definition) is 2. The van der Waals surface area contributed by atoms with E-state index in [1.165, 1.54) is 24.1 Å². The number of nitrogens with zero attached hydrogens (tertiary/aromatic N) is 2. The number of carbonyl (C=O) groups excluding carboxylic acids is 5. The summed E-state index contributed by atoms with van der Waals surface area (Å²) in [5.74, 6) is -1.55. The van der Waals surface area contributed by atoms with Crippen LogP contribution < -0.4 is 20.3 Å². The van der Waals surface area contributed by atoms with Crippen LogP contribution in [0.3, 0.4) is 0 Å². The topological polar surface area (TPSA) is 144 Å².